The van der Waals surface area contributed by atoms with E-state index in [2.05, 4.69) is 20.9 Å². The molecule has 2 N–H and O–H groups in total. The predicted octanol–water partition coefficient (Wildman–Crippen LogP) is 2.52. The maximum Gasteiger partial charge on any atom is 0.329 e. The van der Waals surface area contributed by atoms with Crippen molar-refractivity contribution >= 4 is 18.0 Å². The van der Waals surface area contributed by atoms with Gasteiger partial charge in [0, 0.05) is 23.4 Å². The minimum absolute atomic E-state index is 0.141. The van der Waals surface area contributed by atoms with Gasteiger partial charge in [-0.2, -0.15) is 10.2 Å². The van der Waals surface area contributed by atoms with E-state index in [1.54, 1.807) is 31.8 Å². The van der Waals surface area contributed by atoms with Crippen molar-refractivity contribution in [1.82, 2.24) is 20.5 Å². The number of amides is 2. The molecule has 0 spiro atoms. The van der Waals surface area contributed by atoms with Gasteiger partial charge in [-0.3, -0.25) is 9.59 Å². The second-order valence-electron chi connectivity index (χ2n) is 6.77. The van der Waals surface area contributed by atoms with Gasteiger partial charge in [0.1, 0.15) is 11.4 Å². The van der Waals surface area contributed by atoms with Crippen molar-refractivity contribution in [2.45, 2.75) is 19.9 Å². The minimum Gasteiger partial charge on any atom is -0.497 e. The quantitative estimate of drug-likeness (QED) is 0.374. The number of para-hydroxylation sites is 1. The highest BCUT2D eigenvalue weighted by molar-refractivity contribution is 6.35. The predicted molar refractivity (Wildman–Crippen MR) is 115 cm³/mol. The molecule has 2 amide bonds. The lowest BCUT2D eigenvalue weighted by atomic mass is 10.1. The Labute approximate surface area is 174 Å². The van der Waals surface area contributed by atoms with Gasteiger partial charge in [0.2, 0.25) is 0 Å². The molecule has 0 aliphatic rings. The van der Waals surface area contributed by atoms with Crippen LogP contribution in [0.2, 0.25) is 0 Å². The Morgan fingerprint density at radius 2 is 1.77 bits per heavy atom. The summed E-state index contributed by atoms with van der Waals surface area (Å²) in [5.41, 5.74) is 5.33. The SMILES string of the molecule is COc1ccc(-c2nn(-c3ccccc3)cc2/C=N\NC(=O)C(=O)NC(C)C)cc1. The van der Waals surface area contributed by atoms with Gasteiger partial charge < -0.3 is 10.1 Å². The first-order valence-electron chi connectivity index (χ1n) is 9.41. The Morgan fingerprint density at radius 3 is 2.40 bits per heavy atom. The molecule has 8 nitrogen and oxygen atoms in total. The Bertz CT molecular complexity index is 1040. The molecule has 0 aliphatic carbocycles. The number of carbonyl (C=O) groups excluding carboxylic acids is 2. The molecule has 0 aliphatic heterocycles. The van der Waals surface area contributed by atoms with Crippen LogP contribution >= 0.6 is 0 Å². The van der Waals surface area contributed by atoms with Crippen molar-refractivity contribution < 1.29 is 14.3 Å². The van der Waals surface area contributed by atoms with Gasteiger partial charge in [0.15, 0.2) is 0 Å². The van der Waals surface area contributed by atoms with Crippen molar-refractivity contribution in [1.29, 1.82) is 0 Å². The highest BCUT2D eigenvalue weighted by Crippen LogP contribution is 2.24. The lowest BCUT2D eigenvalue weighted by Gasteiger charge is -2.06. The van der Waals surface area contributed by atoms with Gasteiger partial charge in [-0.05, 0) is 50.2 Å². The number of ether oxygens (including phenoxy) is 1. The zero-order valence-electron chi connectivity index (χ0n) is 17.0. The van der Waals surface area contributed by atoms with Gasteiger partial charge in [0.25, 0.3) is 0 Å². The Hall–Kier alpha value is -3.94. The van der Waals surface area contributed by atoms with Crippen LogP contribution in [-0.2, 0) is 9.59 Å². The van der Waals surface area contributed by atoms with E-state index in [9.17, 15) is 9.59 Å². The third-order valence-electron chi connectivity index (χ3n) is 4.12. The maximum absolute atomic E-state index is 11.8. The zero-order chi connectivity index (χ0) is 21.5. The molecule has 0 unspecified atom stereocenters. The van der Waals surface area contributed by atoms with Crippen LogP contribution in [-0.4, -0.2) is 41.0 Å². The standard InChI is InChI=1S/C22H23N5O3/c1-15(2)24-21(28)22(29)25-23-13-17-14-27(18-7-5-4-6-8-18)26-20(17)16-9-11-19(30-3)12-10-16/h4-15H,1-3H3,(H,24,28)(H,25,29)/b23-13-. The minimum atomic E-state index is -0.832. The fraction of sp³-hybridized carbons (Fsp3) is 0.182. The summed E-state index contributed by atoms with van der Waals surface area (Å²) >= 11 is 0. The van der Waals surface area contributed by atoms with Gasteiger partial charge >= 0.3 is 11.8 Å². The van der Waals surface area contributed by atoms with Crippen molar-refractivity contribution in [3.8, 4) is 22.7 Å². The average Bonchev–Trinajstić information content (AvgIpc) is 3.18. The molecular weight excluding hydrogens is 382 g/mol. The lowest BCUT2D eigenvalue weighted by molar-refractivity contribution is -0.139. The largest absolute Gasteiger partial charge is 0.497 e. The summed E-state index contributed by atoms with van der Waals surface area (Å²) < 4.78 is 6.94. The van der Waals surface area contributed by atoms with Crippen molar-refractivity contribution in [3.05, 3.63) is 66.4 Å². The van der Waals surface area contributed by atoms with E-state index in [0.29, 0.717) is 11.3 Å². The molecule has 0 atom stereocenters. The van der Waals surface area contributed by atoms with Crippen molar-refractivity contribution in [2.75, 3.05) is 7.11 Å². The molecule has 30 heavy (non-hydrogen) atoms. The third kappa shape index (κ3) is 5.11. The molecule has 3 rings (SSSR count). The third-order valence-corrected chi connectivity index (χ3v) is 4.12. The van der Waals surface area contributed by atoms with Crippen LogP contribution in [0.15, 0.2) is 65.9 Å². The van der Waals surface area contributed by atoms with E-state index >= 15 is 0 Å². The van der Waals surface area contributed by atoms with Gasteiger partial charge in [0.05, 0.1) is 19.0 Å². The maximum atomic E-state index is 11.8. The molecule has 0 radical (unpaired) electrons. The number of hydrogen-bond acceptors (Lipinski definition) is 5. The molecule has 3 aromatic rings. The average molecular weight is 405 g/mol. The van der Waals surface area contributed by atoms with E-state index in [1.807, 2.05) is 54.6 Å². The number of rotatable bonds is 6. The summed E-state index contributed by atoms with van der Waals surface area (Å²) in [5, 5.41) is 11.1. The number of benzene rings is 2. The molecule has 0 fully saturated rings. The second kappa shape index (κ2) is 9.51. The lowest BCUT2D eigenvalue weighted by Crippen LogP contribution is -2.41. The summed E-state index contributed by atoms with van der Waals surface area (Å²) in [6, 6.07) is 17.0. The number of hydrogen-bond donors (Lipinski definition) is 2. The van der Waals surface area contributed by atoms with Crippen molar-refractivity contribution in [3.63, 3.8) is 0 Å². The summed E-state index contributed by atoms with van der Waals surface area (Å²) in [6.45, 7) is 3.54. The molecule has 1 heterocycles. The highest BCUT2D eigenvalue weighted by Gasteiger charge is 2.14. The van der Waals surface area contributed by atoms with E-state index in [1.165, 1.54) is 6.21 Å². The van der Waals surface area contributed by atoms with Crippen LogP contribution in [0.25, 0.3) is 16.9 Å². The van der Waals surface area contributed by atoms with E-state index < -0.39 is 11.8 Å². The van der Waals surface area contributed by atoms with Crippen LogP contribution in [0, 0.1) is 0 Å². The van der Waals surface area contributed by atoms with Crippen LogP contribution in [0.4, 0.5) is 0 Å². The Balaban J connectivity index is 1.88. The monoisotopic (exact) mass is 405 g/mol. The van der Waals surface area contributed by atoms with Gasteiger partial charge in [-0.25, -0.2) is 10.1 Å². The summed E-state index contributed by atoms with van der Waals surface area (Å²) in [5.74, 6) is -0.834. The molecule has 0 bridgehead atoms. The van der Waals surface area contributed by atoms with Crippen LogP contribution < -0.4 is 15.5 Å². The number of aromatic nitrogens is 2. The first-order valence-corrected chi connectivity index (χ1v) is 9.41. The molecule has 2 aromatic carbocycles. The van der Waals surface area contributed by atoms with E-state index in [4.69, 9.17) is 4.74 Å². The molecule has 0 saturated heterocycles. The zero-order valence-corrected chi connectivity index (χ0v) is 17.0. The number of carbonyl (C=O) groups is 2. The molecule has 8 heteroatoms. The first-order chi connectivity index (χ1) is 14.5. The highest BCUT2D eigenvalue weighted by atomic mass is 16.5. The molecule has 154 valence electrons. The van der Waals surface area contributed by atoms with Gasteiger partial charge in [-0.15, -0.1) is 0 Å². The van der Waals surface area contributed by atoms with Crippen LogP contribution in [0.3, 0.4) is 0 Å². The normalized spacial score (nSPS) is 10.9. The van der Waals surface area contributed by atoms with Crippen LogP contribution in [0.1, 0.15) is 19.4 Å². The summed E-state index contributed by atoms with van der Waals surface area (Å²) in [4.78, 5) is 23.6. The number of nitrogens with one attached hydrogen (secondary N) is 2. The fourth-order valence-electron chi connectivity index (χ4n) is 2.71. The van der Waals surface area contributed by atoms with E-state index in [0.717, 1.165) is 17.0 Å². The number of nitrogens with zero attached hydrogens (tertiary/aromatic N) is 3. The topological polar surface area (TPSA) is 97.6 Å². The molecule has 1 aromatic heterocycles. The van der Waals surface area contributed by atoms with Crippen LogP contribution in [0.5, 0.6) is 5.75 Å². The Kier molecular flexibility index (Phi) is 6.59. The van der Waals surface area contributed by atoms with Gasteiger partial charge in [-0.1, -0.05) is 18.2 Å². The fourth-order valence-corrected chi connectivity index (χ4v) is 2.71. The first kappa shape index (κ1) is 20.8. The molecular formula is C22H23N5O3. The summed E-state index contributed by atoms with van der Waals surface area (Å²) in [7, 11) is 1.61. The number of methoxy groups -OCH3 is 1. The second-order valence-corrected chi connectivity index (χ2v) is 6.77. The summed E-state index contributed by atoms with van der Waals surface area (Å²) in [6.07, 6.45) is 3.27. The molecule has 0 saturated carbocycles. The number of hydrazone groups is 1. The van der Waals surface area contributed by atoms with E-state index in [-0.39, 0.29) is 6.04 Å². The van der Waals surface area contributed by atoms with Crippen molar-refractivity contribution in [2.24, 2.45) is 5.10 Å². The smallest absolute Gasteiger partial charge is 0.329 e. The Morgan fingerprint density at radius 1 is 1.07 bits per heavy atom.